The molecule has 0 spiro atoms. The molecule has 6 heteroatoms. The van der Waals surface area contributed by atoms with Crippen molar-refractivity contribution in [1.82, 2.24) is 5.32 Å². The third kappa shape index (κ3) is 40.6. The number of aliphatic hydroxyl groups is 2. The first-order valence-electron chi connectivity index (χ1n) is 24.9. The molecule has 0 radical (unpaired) electrons. The van der Waals surface area contributed by atoms with E-state index in [4.69, 9.17) is 4.74 Å². The summed E-state index contributed by atoms with van der Waals surface area (Å²) in [4.78, 5) is 26.1. The molecule has 6 nitrogen and oxygen atoms in total. The minimum Gasteiger partial charge on any atom is -0.462 e. The molecule has 0 aliphatic carbocycles. The molecule has 0 rings (SSSR count). The highest BCUT2D eigenvalue weighted by Gasteiger charge is 2.24. The van der Waals surface area contributed by atoms with Crippen LogP contribution in [0.3, 0.4) is 0 Å². The predicted molar refractivity (Wildman–Crippen MR) is 250 cm³/mol. The largest absolute Gasteiger partial charge is 0.462 e. The molecule has 0 bridgehead atoms. The van der Waals surface area contributed by atoms with E-state index >= 15 is 0 Å². The van der Waals surface area contributed by atoms with Crippen LogP contribution >= 0.6 is 0 Å². The van der Waals surface area contributed by atoms with E-state index in [1.807, 2.05) is 0 Å². The first-order chi connectivity index (χ1) is 28.5. The molecule has 3 N–H and O–H groups in total. The first-order valence-corrected chi connectivity index (χ1v) is 24.9. The summed E-state index contributed by atoms with van der Waals surface area (Å²) in [5, 5.41) is 23.7. The molecule has 0 aromatic heterocycles. The number of hydrogen-bond acceptors (Lipinski definition) is 5. The van der Waals surface area contributed by atoms with Crippen molar-refractivity contribution in [3.63, 3.8) is 0 Å². The predicted octanol–water partition coefficient (Wildman–Crippen LogP) is 14.7. The molecule has 58 heavy (non-hydrogen) atoms. The second-order valence-corrected chi connectivity index (χ2v) is 16.8. The smallest absolute Gasteiger partial charge is 0.306 e. The molecule has 1 amide bonds. The number of unbranched alkanes of at least 4 members (excludes halogenated alkanes) is 24. The lowest BCUT2D eigenvalue weighted by Gasteiger charge is -2.24. The van der Waals surface area contributed by atoms with Gasteiger partial charge in [-0.15, -0.1) is 0 Å². The molecule has 3 unspecified atom stereocenters. The summed E-state index contributed by atoms with van der Waals surface area (Å²) in [5.41, 5.74) is 0. The highest BCUT2D eigenvalue weighted by atomic mass is 16.5. The number of allylic oxidation sites excluding steroid dienone is 8. The Morgan fingerprint density at radius 1 is 0.517 bits per heavy atom. The van der Waals surface area contributed by atoms with E-state index in [1.165, 1.54) is 116 Å². The van der Waals surface area contributed by atoms with E-state index in [2.05, 4.69) is 74.7 Å². The summed E-state index contributed by atoms with van der Waals surface area (Å²) in [5.74, 6) is -0.515. The van der Waals surface area contributed by atoms with Gasteiger partial charge in [0, 0.05) is 6.42 Å². The Balaban J connectivity index is 4.61. The molecular formula is C52H95NO5. The average Bonchev–Trinajstić information content (AvgIpc) is 3.22. The number of carbonyl (C=O) groups is 2. The zero-order chi connectivity index (χ0) is 42.4. The van der Waals surface area contributed by atoms with E-state index in [9.17, 15) is 19.8 Å². The molecule has 0 aliphatic rings. The summed E-state index contributed by atoms with van der Waals surface area (Å²) in [6.07, 6.45) is 54.6. The van der Waals surface area contributed by atoms with E-state index < -0.39 is 18.2 Å². The number of carbonyl (C=O) groups excluding carboxylic acids is 2. The van der Waals surface area contributed by atoms with Gasteiger partial charge in [-0.3, -0.25) is 9.59 Å². The molecule has 0 heterocycles. The first kappa shape index (κ1) is 55.8. The van der Waals surface area contributed by atoms with Crippen molar-refractivity contribution < 1.29 is 24.5 Å². The molecule has 0 aliphatic heterocycles. The van der Waals surface area contributed by atoms with Crippen LogP contribution in [0.15, 0.2) is 48.6 Å². The number of aliphatic hydroxyl groups excluding tert-OH is 2. The zero-order valence-corrected chi connectivity index (χ0v) is 38.4. The van der Waals surface area contributed by atoms with Crippen molar-refractivity contribution in [2.24, 2.45) is 0 Å². The van der Waals surface area contributed by atoms with Crippen molar-refractivity contribution in [2.75, 3.05) is 6.61 Å². The third-order valence-electron chi connectivity index (χ3n) is 11.1. The Bertz CT molecular complexity index is 1000. The Morgan fingerprint density at radius 3 is 1.47 bits per heavy atom. The van der Waals surface area contributed by atoms with Crippen LogP contribution in [-0.4, -0.2) is 46.9 Å². The maximum absolute atomic E-state index is 13.2. The SMILES string of the molecule is CC/C=C/C/C=C/C/C=C/CCCCCCCCC(=O)OC(CCC/C=C\CCCCCCCCC)CC(=O)NC(CO)C(O)CCCCCCCCCCCCC. The van der Waals surface area contributed by atoms with Crippen LogP contribution in [0.2, 0.25) is 0 Å². The molecule has 338 valence electrons. The maximum Gasteiger partial charge on any atom is 0.306 e. The highest BCUT2D eigenvalue weighted by molar-refractivity contribution is 5.77. The topological polar surface area (TPSA) is 95.9 Å². The minimum atomic E-state index is -0.795. The molecule has 3 atom stereocenters. The third-order valence-corrected chi connectivity index (χ3v) is 11.1. The average molecular weight is 814 g/mol. The summed E-state index contributed by atoms with van der Waals surface area (Å²) < 4.78 is 5.90. The van der Waals surface area contributed by atoms with Gasteiger partial charge in [0.1, 0.15) is 6.10 Å². The van der Waals surface area contributed by atoms with Crippen molar-refractivity contribution in [3.05, 3.63) is 48.6 Å². The van der Waals surface area contributed by atoms with E-state index in [0.29, 0.717) is 19.3 Å². The lowest BCUT2D eigenvalue weighted by atomic mass is 10.0. The quantitative estimate of drug-likeness (QED) is 0.0323. The number of rotatable bonds is 44. The summed E-state index contributed by atoms with van der Waals surface area (Å²) in [7, 11) is 0. The fourth-order valence-electron chi connectivity index (χ4n) is 7.39. The standard InChI is InChI=1S/C52H95NO5/c1-4-7-10-13-16-19-22-24-25-26-27-30-33-36-39-42-45-52(57)58-48(43-40-37-34-31-29-23-20-17-14-11-8-5-2)46-51(56)53-49(47-54)50(55)44-41-38-35-32-28-21-18-15-12-9-6-3/h7,10,16,19,24-25,31,34,48-50,54-55H,4-6,8-9,11-15,17-18,20-23,26-30,32-33,35-47H2,1-3H3,(H,53,56)/b10-7+,19-16+,25-24+,34-31-. The van der Waals surface area contributed by atoms with Crippen LogP contribution in [0.25, 0.3) is 0 Å². The van der Waals surface area contributed by atoms with Crippen LogP contribution in [0.5, 0.6) is 0 Å². The molecule has 0 aromatic carbocycles. The number of nitrogens with one attached hydrogen (secondary N) is 1. The Labute approximate surface area is 359 Å². The molecular weight excluding hydrogens is 719 g/mol. The summed E-state index contributed by atoms with van der Waals surface area (Å²) in [6.45, 7) is 6.35. The number of esters is 1. The van der Waals surface area contributed by atoms with Crippen LogP contribution in [-0.2, 0) is 14.3 Å². The fraction of sp³-hybridized carbons (Fsp3) is 0.808. The molecule has 0 saturated heterocycles. The van der Waals surface area contributed by atoms with Gasteiger partial charge in [-0.05, 0) is 77.0 Å². The number of amides is 1. The normalized spacial score (nSPS) is 13.7. The monoisotopic (exact) mass is 814 g/mol. The Morgan fingerprint density at radius 2 is 0.948 bits per heavy atom. The van der Waals surface area contributed by atoms with Crippen LogP contribution in [0, 0.1) is 0 Å². The van der Waals surface area contributed by atoms with Gasteiger partial charge in [0.15, 0.2) is 0 Å². The van der Waals surface area contributed by atoms with Crippen LogP contribution in [0.4, 0.5) is 0 Å². The van der Waals surface area contributed by atoms with Gasteiger partial charge in [-0.1, -0.05) is 204 Å². The fourth-order valence-corrected chi connectivity index (χ4v) is 7.39. The van der Waals surface area contributed by atoms with Gasteiger partial charge in [0.05, 0.1) is 25.2 Å². The number of ether oxygens (including phenoxy) is 1. The lowest BCUT2D eigenvalue weighted by molar-refractivity contribution is -0.151. The number of hydrogen-bond donors (Lipinski definition) is 3. The van der Waals surface area contributed by atoms with Gasteiger partial charge in [0.25, 0.3) is 0 Å². The Hall–Kier alpha value is -2.18. The summed E-state index contributed by atoms with van der Waals surface area (Å²) in [6, 6.07) is -0.710. The van der Waals surface area contributed by atoms with Gasteiger partial charge >= 0.3 is 5.97 Å². The van der Waals surface area contributed by atoms with Crippen LogP contribution < -0.4 is 5.32 Å². The van der Waals surface area contributed by atoms with Crippen molar-refractivity contribution >= 4 is 11.9 Å². The van der Waals surface area contributed by atoms with Gasteiger partial charge in [-0.25, -0.2) is 0 Å². The van der Waals surface area contributed by atoms with Gasteiger partial charge < -0.3 is 20.3 Å². The highest BCUT2D eigenvalue weighted by Crippen LogP contribution is 2.17. The molecule has 0 aromatic rings. The zero-order valence-electron chi connectivity index (χ0n) is 38.4. The van der Waals surface area contributed by atoms with Gasteiger partial charge in [0.2, 0.25) is 5.91 Å². The minimum absolute atomic E-state index is 0.0518. The van der Waals surface area contributed by atoms with E-state index in [1.54, 1.807) is 0 Å². The summed E-state index contributed by atoms with van der Waals surface area (Å²) >= 11 is 0. The molecule has 0 saturated carbocycles. The van der Waals surface area contributed by atoms with Crippen molar-refractivity contribution in [2.45, 2.75) is 264 Å². The maximum atomic E-state index is 13.2. The Kier molecular flexibility index (Phi) is 44.2. The lowest BCUT2D eigenvalue weighted by Crippen LogP contribution is -2.46. The second kappa shape index (κ2) is 45.9. The van der Waals surface area contributed by atoms with Crippen molar-refractivity contribution in [1.29, 1.82) is 0 Å². The van der Waals surface area contributed by atoms with E-state index in [0.717, 1.165) is 83.5 Å². The molecule has 0 fully saturated rings. The van der Waals surface area contributed by atoms with Crippen LogP contribution in [0.1, 0.15) is 245 Å². The van der Waals surface area contributed by atoms with Crippen molar-refractivity contribution in [3.8, 4) is 0 Å². The second-order valence-electron chi connectivity index (χ2n) is 16.8. The van der Waals surface area contributed by atoms with Gasteiger partial charge in [-0.2, -0.15) is 0 Å². The van der Waals surface area contributed by atoms with E-state index in [-0.39, 0.29) is 24.9 Å².